The van der Waals surface area contributed by atoms with E-state index in [1.807, 2.05) is 0 Å². The zero-order chi connectivity index (χ0) is 15.4. The van der Waals surface area contributed by atoms with Crippen molar-refractivity contribution in [3.63, 3.8) is 0 Å². The summed E-state index contributed by atoms with van der Waals surface area (Å²) in [5.41, 5.74) is 1.39. The quantitative estimate of drug-likeness (QED) is 0.665. The first-order chi connectivity index (χ1) is 10.1. The molecule has 2 rings (SSSR count). The second kappa shape index (κ2) is 6.95. The van der Waals surface area contributed by atoms with E-state index in [0.29, 0.717) is 11.8 Å². The zero-order valence-corrected chi connectivity index (χ0v) is 13.7. The summed E-state index contributed by atoms with van der Waals surface area (Å²) in [4.78, 5) is 0. The molecule has 0 aliphatic heterocycles. The average molecular weight is 286 g/mol. The van der Waals surface area contributed by atoms with Crippen molar-refractivity contribution < 1.29 is 9.47 Å². The number of rotatable bonds is 6. The highest BCUT2D eigenvalue weighted by molar-refractivity contribution is 5.91. The molecule has 114 valence electrons. The minimum atomic E-state index is -0.220. The van der Waals surface area contributed by atoms with Gasteiger partial charge in [0.2, 0.25) is 6.29 Å². The summed E-state index contributed by atoms with van der Waals surface area (Å²) in [6.07, 6.45) is 0.916. The van der Waals surface area contributed by atoms with Gasteiger partial charge in [-0.3, -0.25) is 0 Å². The molecule has 0 fully saturated rings. The molecule has 0 bridgehead atoms. The average Bonchev–Trinajstić information content (AvgIpc) is 2.51. The SMILES string of the molecule is CCC(C)c1ccc(OC(OC)C(C)C)c2ccccc12. The van der Waals surface area contributed by atoms with Gasteiger partial charge in [0.1, 0.15) is 5.75 Å². The van der Waals surface area contributed by atoms with Crippen LogP contribution in [0.3, 0.4) is 0 Å². The first-order valence-electron chi connectivity index (χ1n) is 7.79. The lowest BCUT2D eigenvalue weighted by molar-refractivity contribution is -0.0825. The molecule has 0 spiro atoms. The summed E-state index contributed by atoms with van der Waals surface area (Å²) in [7, 11) is 1.69. The Kier molecular flexibility index (Phi) is 5.24. The summed E-state index contributed by atoms with van der Waals surface area (Å²) in [5.74, 6) is 1.76. The second-order valence-corrected chi connectivity index (χ2v) is 5.97. The molecular formula is C19H26O2. The van der Waals surface area contributed by atoms with Crippen molar-refractivity contribution in [3.05, 3.63) is 42.0 Å². The molecule has 2 unspecified atom stereocenters. The molecule has 0 heterocycles. The van der Waals surface area contributed by atoms with Crippen LogP contribution in [0.15, 0.2) is 36.4 Å². The van der Waals surface area contributed by atoms with Gasteiger partial charge in [0.15, 0.2) is 0 Å². The van der Waals surface area contributed by atoms with Gasteiger partial charge in [-0.1, -0.05) is 58.0 Å². The van der Waals surface area contributed by atoms with E-state index in [1.54, 1.807) is 7.11 Å². The van der Waals surface area contributed by atoms with Gasteiger partial charge >= 0.3 is 0 Å². The third-order valence-electron chi connectivity index (χ3n) is 4.08. The Hall–Kier alpha value is -1.54. The maximum atomic E-state index is 6.08. The lowest BCUT2D eigenvalue weighted by Gasteiger charge is -2.23. The minimum absolute atomic E-state index is 0.220. The number of hydrogen-bond donors (Lipinski definition) is 0. The molecule has 0 radical (unpaired) electrons. The topological polar surface area (TPSA) is 18.5 Å². The van der Waals surface area contributed by atoms with Gasteiger partial charge < -0.3 is 9.47 Å². The minimum Gasteiger partial charge on any atom is -0.464 e. The van der Waals surface area contributed by atoms with E-state index in [9.17, 15) is 0 Å². The van der Waals surface area contributed by atoms with Crippen molar-refractivity contribution in [2.75, 3.05) is 7.11 Å². The Labute approximate surface area is 128 Å². The van der Waals surface area contributed by atoms with Gasteiger partial charge in [0, 0.05) is 18.4 Å². The molecular weight excluding hydrogens is 260 g/mol. The monoisotopic (exact) mass is 286 g/mol. The number of hydrogen-bond acceptors (Lipinski definition) is 2. The van der Waals surface area contributed by atoms with E-state index in [4.69, 9.17) is 9.47 Å². The normalized spacial score (nSPS) is 14.4. The van der Waals surface area contributed by atoms with Crippen molar-refractivity contribution >= 4 is 10.8 Å². The standard InChI is InChI=1S/C19H26O2/c1-6-14(4)15-11-12-18(21-19(20-5)13(2)3)17-10-8-7-9-16(15)17/h7-14,19H,6H2,1-5H3. The van der Waals surface area contributed by atoms with Crippen LogP contribution in [0.5, 0.6) is 5.75 Å². The summed E-state index contributed by atoms with van der Waals surface area (Å²) in [6, 6.07) is 12.7. The lowest BCUT2D eigenvalue weighted by atomic mass is 9.92. The van der Waals surface area contributed by atoms with Crippen molar-refractivity contribution in [1.82, 2.24) is 0 Å². The molecule has 2 nitrogen and oxygen atoms in total. The first-order valence-corrected chi connectivity index (χ1v) is 7.79. The van der Waals surface area contributed by atoms with E-state index in [1.165, 1.54) is 10.9 Å². The molecule has 0 N–H and O–H groups in total. The van der Waals surface area contributed by atoms with Gasteiger partial charge in [-0.2, -0.15) is 0 Å². The van der Waals surface area contributed by atoms with Crippen molar-refractivity contribution in [3.8, 4) is 5.75 Å². The van der Waals surface area contributed by atoms with Crippen molar-refractivity contribution in [2.45, 2.75) is 46.3 Å². The maximum absolute atomic E-state index is 6.08. The van der Waals surface area contributed by atoms with Crippen LogP contribution in [0, 0.1) is 5.92 Å². The number of ether oxygens (including phenoxy) is 2. The van der Waals surface area contributed by atoms with Crippen LogP contribution in [0.4, 0.5) is 0 Å². The Morgan fingerprint density at radius 2 is 1.62 bits per heavy atom. The van der Waals surface area contributed by atoms with E-state index in [0.717, 1.165) is 17.6 Å². The molecule has 0 saturated carbocycles. The molecule has 0 aliphatic rings. The number of fused-ring (bicyclic) bond motifs is 1. The van der Waals surface area contributed by atoms with Crippen molar-refractivity contribution in [1.29, 1.82) is 0 Å². The molecule has 2 aromatic rings. The van der Waals surface area contributed by atoms with Crippen LogP contribution in [0.2, 0.25) is 0 Å². The van der Waals surface area contributed by atoms with Gasteiger partial charge in [-0.25, -0.2) is 0 Å². The van der Waals surface area contributed by atoms with E-state index < -0.39 is 0 Å². The molecule has 0 amide bonds. The van der Waals surface area contributed by atoms with Gasteiger partial charge in [-0.05, 0) is 29.4 Å². The summed E-state index contributed by atoms with van der Waals surface area (Å²) in [6.45, 7) is 8.70. The second-order valence-electron chi connectivity index (χ2n) is 5.97. The van der Waals surface area contributed by atoms with Crippen LogP contribution < -0.4 is 4.74 Å². The van der Waals surface area contributed by atoms with E-state index >= 15 is 0 Å². The Bertz CT molecular complexity index is 589. The fourth-order valence-electron chi connectivity index (χ4n) is 2.63. The summed E-state index contributed by atoms with van der Waals surface area (Å²) >= 11 is 0. The molecule has 2 heteroatoms. The van der Waals surface area contributed by atoms with E-state index in [2.05, 4.69) is 64.1 Å². The summed E-state index contributed by atoms with van der Waals surface area (Å²) < 4.78 is 11.5. The maximum Gasteiger partial charge on any atom is 0.201 e. The number of methoxy groups -OCH3 is 1. The van der Waals surface area contributed by atoms with Crippen molar-refractivity contribution in [2.24, 2.45) is 5.92 Å². The molecule has 0 saturated heterocycles. The third kappa shape index (κ3) is 3.38. The van der Waals surface area contributed by atoms with Crippen LogP contribution in [-0.4, -0.2) is 13.4 Å². The first kappa shape index (κ1) is 15.8. The highest BCUT2D eigenvalue weighted by Gasteiger charge is 2.17. The Morgan fingerprint density at radius 3 is 2.19 bits per heavy atom. The highest BCUT2D eigenvalue weighted by atomic mass is 16.7. The molecule has 2 atom stereocenters. The van der Waals surface area contributed by atoms with Gasteiger partial charge in [-0.15, -0.1) is 0 Å². The fourth-order valence-corrected chi connectivity index (χ4v) is 2.63. The fraction of sp³-hybridized carbons (Fsp3) is 0.474. The third-order valence-corrected chi connectivity index (χ3v) is 4.08. The lowest BCUT2D eigenvalue weighted by Crippen LogP contribution is -2.25. The predicted molar refractivity (Wildman–Crippen MR) is 88.9 cm³/mol. The predicted octanol–water partition coefficient (Wildman–Crippen LogP) is 5.36. The van der Waals surface area contributed by atoms with Gasteiger partial charge in [0.05, 0.1) is 0 Å². The molecule has 0 aromatic heterocycles. The molecule has 2 aromatic carbocycles. The largest absolute Gasteiger partial charge is 0.464 e. The molecule has 0 aliphatic carbocycles. The Morgan fingerprint density at radius 1 is 0.952 bits per heavy atom. The van der Waals surface area contributed by atoms with Crippen LogP contribution in [0.1, 0.15) is 45.6 Å². The van der Waals surface area contributed by atoms with Crippen LogP contribution >= 0.6 is 0 Å². The zero-order valence-electron chi connectivity index (χ0n) is 13.7. The van der Waals surface area contributed by atoms with Crippen LogP contribution in [0.25, 0.3) is 10.8 Å². The van der Waals surface area contributed by atoms with Gasteiger partial charge in [0.25, 0.3) is 0 Å². The van der Waals surface area contributed by atoms with E-state index in [-0.39, 0.29) is 6.29 Å². The summed E-state index contributed by atoms with van der Waals surface area (Å²) in [5, 5.41) is 2.45. The molecule has 21 heavy (non-hydrogen) atoms. The highest BCUT2D eigenvalue weighted by Crippen LogP contribution is 2.34. The van der Waals surface area contributed by atoms with Crippen LogP contribution in [-0.2, 0) is 4.74 Å². The smallest absolute Gasteiger partial charge is 0.201 e. The number of benzene rings is 2. The Balaban J connectivity index is 2.47.